The van der Waals surface area contributed by atoms with Crippen LogP contribution in [0.15, 0.2) is 72.8 Å². The highest BCUT2D eigenvalue weighted by atomic mass is 16.5. The second kappa shape index (κ2) is 12.6. The molecule has 0 radical (unpaired) electrons. The summed E-state index contributed by atoms with van der Waals surface area (Å²) in [7, 11) is 4.66. The number of hydrogen-bond acceptors (Lipinski definition) is 8. The number of hydrogen-bond donors (Lipinski definition) is 3. The summed E-state index contributed by atoms with van der Waals surface area (Å²) < 4.78 is 15.8. The Bertz CT molecular complexity index is 1530. The van der Waals surface area contributed by atoms with Crippen molar-refractivity contribution in [1.82, 2.24) is 4.98 Å². The smallest absolute Gasteiger partial charge is 0.255 e. The van der Waals surface area contributed by atoms with E-state index in [1.54, 1.807) is 37.4 Å². The normalized spacial score (nSPS) is 10.4. The molecule has 0 unspecified atom stereocenters. The molecular weight excluding hydrogens is 508 g/mol. The molecule has 0 saturated heterocycles. The van der Waals surface area contributed by atoms with E-state index in [0.29, 0.717) is 52.7 Å². The summed E-state index contributed by atoms with van der Waals surface area (Å²) in [6, 6.07) is 21.5. The van der Waals surface area contributed by atoms with Gasteiger partial charge < -0.3 is 24.8 Å². The number of nitrogens with zero attached hydrogens (tertiary/aromatic N) is 1. The Labute approximate surface area is 232 Å². The van der Waals surface area contributed by atoms with Crippen LogP contribution >= 0.6 is 0 Å². The SMILES string of the molecule is COc1ccc(CNc2nc(-c3cc(NC(=O)c4cc(OC)cc(OC)c4)ccc3C)ccc2C(=N)C=O)cc1. The number of ether oxygens (including phenoxy) is 3. The highest BCUT2D eigenvalue weighted by molar-refractivity contribution is 6.36. The van der Waals surface area contributed by atoms with Crippen LogP contribution in [0.3, 0.4) is 0 Å². The van der Waals surface area contributed by atoms with Gasteiger partial charge in [0.25, 0.3) is 5.91 Å². The monoisotopic (exact) mass is 538 g/mol. The lowest BCUT2D eigenvalue weighted by atomic mass is 10.0. The molecule has 4 aromatic rings. The largest absolute Gasteiger partial charge is 0.497 e. The maximum atomic E-state index is 13.0. The summed E-state index contributed by atoms with van der Waals surface area (Å²) in [4.78, 5) is 29.2. The van der Waals surface area contributed by atoms with Crippen LogP contribution in [0.5, 0.6) is 17.2 Å². The molecule has 1 amide bonds. The number of aldehydes is 1. The first-order chi connectivity index (χ1) is 19.3. The molecule has 9 heteroatoms. The predicted molar refractivity (Wildman–Crippen MR) is 155 cm³/mol. The molecule has 0 saturated carbocycles. The van der Waals surface area contributed by atoms with Crippen LogP contribution in [0.25, 0.3) is 11.3 Å². The Balaban J connectivity index is 1.62. The number of anilines is 2. The fraction of sp³-hybridized carbons (Fsp3) is 0.161. The maximum absolute atomic E-state index is 13.0. The van der Waals surface area contributed by atoms with Crippen LogP contribution in [0.1, 0.15) is 27.0 Å². The third kappa shape index (κ3) is 6.44. The third-order valence-electron chi connectivity index (χ3n) is 6.31. The van der Waals surface area contributed by atoms with Crippen molar-refractivity contribution in [2.24, 2.45) is 0 Å². The topological polar surface area (TPSA) is 123 Å². The van der Waals surface area contributed by atoms with Crippen molar-refractivity contribution < 1.29 is 23.8 Å². The standard InChI is InChI=1S/C31H30N4O5/c1-19-5-8-22(34-31(37)21-13-24(39-3)16-25(14-21)40-4)15-27(19)29-12-11-26(28(32)18-36)30(35-29)33-17-20-6-9-23(38-2)10-7-20/h5-16,18,32H,17H2,1-4H3,(H,33,35)(H,34,37). The van der Waals surface area contributed by atoms with E-state index in [1.807, 2.05) is 49.4 Å². The summed E-state index contributed by atoms with van der Waals surface area (Å²) >= 11 is 0. The number of nitrogens with one attached hydrogen (secondary N) is 3. The first-order valence-corrected chi connectivity index (χ1v) is 12.4. The van der Waals surface area contributed by atoms with Crippen molar-refractivity contribution >= 4 is 29.4 Å². The Morgan fingerprint density at radius 2 is 1.55 bits per heavy atom. The number of pyridine rings is 1. The Kier molecular flexibility index (Phi) is 8.75. The van der Waals surface area contributed by atoms with E-state index in [0.717, 1.165) is 22.4 Å². The summed E-state index contributed by atoms with van der Waals surface area (Å²) in [5.41, 5.74) is 4.50. The Hall–Kier alpha value is -5.18. The molecule has 4 rings (SSSR count). The van der Waals surface area contributed by atoms with Gasteiger partial charge in [-0.1, -0.05) is 18.2 Å². The lowest BCUT2D eigenvalue weighted by molar-refractivity contribution is -0.102. The average Bonchev–Trinajstić information content (AvgIpc) is 3.00. The number of aryl methyl sites for hydroxylation is 1. The number of benzene rings is 3. The van der Waals surface area contributed by atoms with Crippen LogP contribution < -0.4 is 24.8 Å². The van der Waals surface area contributed by atoms with Crippen LogP contribution in [0, 0.1) is 12.3 Å². The van der Waals surface area contributed by atoms with Gasteiger partial charge in [-0.05, 0) is 66.6 Å². The zero-order valence-corrected chi connectivity index (χ0v) is 22.7. The molecule has 204 valence electrons. The van der Waals surface area contributed by atoms with E-state index < -0.39 is 0 Å². The highest BCUT2D eigenvalue weighted by Gasteiger charge is 2.15. The van der Waals surface area contributed by atoms with Crippen molar-refractivity contribution in [3.63, 3.8) is 0 Å². The van der Waals surface area contributed by atoms with Gasteiger partial charge in [-0.25, -0.2) is 4.98 Å². The molecule has 0 bridgehead atoms. The van der Waals surface area contributed by atoms with Gasteiger partial charge in [0.1, 0.15) is 28.8 Å². The van der Waals surface area contributed by atoms with Crippen molar-refractivity contribution in [3.05, 3.63) is 95.1 Å². The number of carbonyl (C=O) groups is 2. The van der Waals surface area contributed by atoms with Gasteiger partial charge in [0.15, 0.2) is 6.29 Å². The Morgan fingerprint density at radius 3 is 2.17 bits per heavy atom. The van der Waals surface area contributed by atoms with Gasteiger partial charge in [0, 0.05) is 35.0 Å². The molecule has 0 aliphatic rings. The van der Waals surface area contributed by atoms with Gasteiger partial charge in [-0.2, -0.15) is 0 Å². The van der Waals surface area contributed by atoms with Gasteiger partial charge in [-0.3, -0.25) is 15.0 Å². The van der Waals surface area contributed by atoms with Gasteiger partial charge in [-0.15, -0.1) is 0 Å². The number of methoxy groups -OCH3 is 3. The van der Waals surface area contributed by atoms with Gasteiger partial charge >= 0.3 is 0 Å². The summed E-state index contributed by atoms with van der Waals surface area (Å²) in [5.74, 6) is 1.85. The molecule has 0 atom stereocenters. The minimum Gasteiger partial charge on any atom is -0.497 e. The van der Waals surface area contributed by atoms with E-state index >= 15 is 0 Å². The number of aromatic nitrogens is 1. The third-order valence-corrected chi connectivity index (χ3v) is 6.31. The molecule has 0 spiro atoms. The highest BCUT2D eigenvalue weighted by Crippen LogP contribution is 2.29. The molecule has 0 fully saturated rings. The quantitative estimate of drug-likeness (QED) is 0.170. The van der Waals surface area contributed by atoms with E-state index in [-0.39, 0.29) is 11.6 Å². The van der Waals surface area contributed by atoms with E-state index in [9.17, 15) is 9.59 Å². The molecule has 9 nitrogen and oxygen atoms in total. The summed E-state index contributed by atoms with van der Waals surface area (Å²) in [6.07, 6.45) is 0.490. The average molecular weight is 539 g/mol. The summed E-state index contributed by atoms with van der Waals surface area (Å²) in [6.45, 7) is 2.38. The number of carbonyl (C=O) groups excluding carboxylic acids is 2. The Morgan fingerprint density at radius 1 is 0.875 bits per heavy atom. The maximum Gasteiger partial charge on any atom is 0.255 e. The molecule has 1 aromatic heterocycles. The van der Waals surface area contributed by atoms with Crippen molar-refractivity contribution in [1.29, 1.82) is 5.41 Å². The second-order valence-electron chi connectivity index (χ2n) is 8.91. The number of amides is 1. The second-order valence-corrected chi connectivity index (χ2v) is 8.91. The first kappa shape index (κ1) is 27.8. The number of rotatable bonds is 11. The van der Waals surface area contributed by atoms with Gasteiger partial charge in [0.05, 0.1) is 27.0 Å². The minimum atomic E-state index is -0.323. The molecular formula is C31H30N4O5. The van der Waals surface area contributed by atoms with Crippen LogP contribution in [0.2, 0.25) is 0 Å². The van der Waals surface area contributed by atoms with E-state index in [4.69, 9.17) is 24.6 Å². The van der Waals surface area contributed by atoms with Crippen molar-refractivity contribution in [3.8, 4) is 28.5 Å². The fourth-order valence-corrected chi connectivity index (χ4v) is 4.07. The zero-order chi connectivity index (χ0) is 28.6. The molecule has 40 heavy (non-hydrogen) atoms. The van der Waals surface area contributed by atoms with Gasteiger partial charge in [0.2, 0.25) is 0 Å². The van der Waals surface area contributed by atoms with Crippen molar-refractivity contribution in [2.45, 2.75) is 13.5 Å². The predicted octanol–water partition coefficient (Wildman–Crippen LogP) is 5.51. The fourth-order valence-electron chi connectivity index (χ4n) is 4.07. The minimum absolute atomic E-state index is 0.178. The van der Waals surface area contributed by atoms with E-state index in [1.165, 1.54) is 14.2 Å². The molecule has 3 aromatic carbocycles. The lowest BCUT2D eigenvalue weighted by Gasteiger charge is -2.15. The van der Waals surface area contributed by atoms with Crippen LogP contribution in [-0.2, 0) is 11.3 Å². The lowest BCUT2D eigenvalue weighted by Crippen LogP contribution is -2.12. The summed E-state index contributed by atoms with van der Waals surface area (Å²) in [5, 5.41) is 14.3. The molecule has 1 heterocycles. The van der Waals surface area contributed by atoms with Crippen LogP contribution in [-0.4, -0.2) is 44.2 Å². The zero-order valence-electron chi connectivity index (χ0n) is 22.7. The molecule has 3 N–H and O–H groups in total. The molecule has 0 aliphatic carbocycles. The van der Waals surface area contributed by atoms with E-state index in [2.05, 4.69) is 10.6 Å². The first-order valence-electron chi connectivity index (χ1n) is 12.4. The van der Waals surface area contributed by atoms with Crippen LogP contribution in [0.4, 0.5) is 11.5 Å². The molecule has 0 aliphatic heterocycles. The van der Waals surface area contributed by atoms with Crippen molar-refractivity contribution in [2.75, 3.05) is 32.0 Å².